The number of rotatable bonds is 5. The molecule has 5 nitrogen and oxygen atoms in total. The summed E-state index contributed by atoms with van der Waals surface area (Å²) in [4.78, 5) is 20.3. The third-order valence-electron chi connectivity index (χ3n) is 2.94. The molecule has 0 aliphatic carbocycles. The second-order valence-electron chi connectivity index (χ2n) is 4.77. The Morgan fingerprint density at radius 3 is 2.33 bits per heavy atom. The summed E-state index contributed by atoms with van der Waals surface area (Å²) in [7, 11) is 0. The number of aryl methyl sites for hydroxylation is 2. The molecule has 0 saturated carbocycles. The smallest absolute Gasteiger partial charge is 0.322 e. The second-order valence-corrected chi connectivity index (χ2v) is 4.77. The van der Waals surface area contributed by atoms with Crippen LogP contribution in [0.4, 0.5) is 5.69 Å². The fraction of sp³-hybridized carbons (Fsp3) is 0.312. The molecule has 0 spiro atoms. The van der Waals surface area contributed by atoms with Crippen molar-refractivity contribution in [2.75, 3.05) is 5.32 Å². The van der Waals surface area contributed by atoms with E-state index in [1.807, 2.05) is 51.1 Å². The number of hydrogen-bond acceptors (Lipinski definition) is 4. The van der Waals surface area contributed by atoms with E-state index in [9.17, 15) is 4.79 Å². The van der Waals surface area contributed by atoms with Crippen molar-refractivity contribution in [2.24, 2.45) is 0 Å². The molecule has 0 fully saturated rings. The maximum absolute atomic E-state index is 11.7. The van der Waals surface area contributed by atoms with Gasteiger partial charge in [0.1, 0.15) is 5.75 Å². The average molecular weight is 285 g/mol. The second kappa shape index (κ2) is 6.83. The molecule has 1 aromatic carbocycles. The SMILES string of the molecule is CCCC(=O)Nc1c(C)nc(Oc2ccccc2)nc1C. The van der Waals surface area contributed by atoms with Crippen molar-refractivity contribution in [1.29, 1.82) is 0 Å². The number of amides is 1. The van der Waals surface area contributed by atoms with Crippen molar-refractivity contribution < 1.29 is 9.53 Å². The lowest BCUT2D eigenvalue weighted by Crippen LogP contribution is -2.14. The maximum Gasteiger partial charge on any atom is 0.322 e. The van der Waals surface area contributed by atoms with Gasteiger partial charge in [-0.1, -0.05) is 25.1 Å². The number of nitrogens with one attached hydrogen (secondary N) is 1. The van der Waals surface area contributed by atoms with Crippen molar-refractivity contribution >= 4 is 11.6 Å². The van der Waals surface area contributed by atoms with Crippen molar-refractivity contribution in [3.05, 3.63) is 41.7 Å². The van der Waals surface area contributed by atoms with Crippen molar-refractivity contribution in [3.63, 3.8) is 0 Å². The topological polar surface area (TPSA) is 64.1 Å². The van der Waals surface area contributed by atoms with Gasteiger partial charge >= 0.3 is 6.01 Å². The van der Waals surface area contributed by atoms with Crippen LogP contribution in [0, 0.1) is 13.8 Å². The van der Waals surface area contributed by atoms with Crippen molar-refractivity contribution in [3.8, 4) is 11.8 Å². The molecule has 0 saturated heterocycles. The zero-order valence-electron chi connectivity index (χ0n) is 12.5. The highest BCUT2D eigenvalue weighted by Crippen LogP contribution is 2.23. The van der Waals surface area contributed by atoms with Crippen LogP contribution in [0.25, 0.3) is 0 Å². The molecular weight excluding hydrogens is 266 g/mol. The normalized spacial score (nSPS) is 10.2. The Morgan fingerprint density at radius 2 is 1.76 bits per heavy atom. The zero-order chi connectivity index (χ0) is 15.2. The number of anilines is 1. The Kier molecular flexibility index (Phi) is 4.87. The lowest BCUT2D eigenvalue weighted by Gasteiger charge is -2.12. The molecule has 0 aliphatic heterocycles. The van der Waals surface area contributed by atoms with E-state index in [-0.39, 0.29) is 11.9 Å². The van der Waals surface area contributed by atoms with Gasteiger partial charge in [0.05, 0.1) is 17.1 Å². The predicted octanol–water partition coefficient (Wildman–Crippen LogP) is 3.62. The first-order chi connectivity index (χ1) is 10.1. The van der Waals surface area contributed by atoms with Crippen LogP contribution in [0.5, 0.6) is 11.8 Å². The lowest BCUT2D eigenvalue weighted by molar-refractivity contribution is -0.116. The number of ether oxygens (including phenoxy) is 1. The van der Waals surface area contributed by atoms with E-state index >= 15 is 0 Å². The van der Waals surface area contributed by atoms with Gasteiger partial charge in [-0.05, 0) is 32.4 Å². The molecule has 110 valence electrons. The zero-order valence-corrected chi connectivity index (χ0v) is 12.5. The van der Waals surface area contributed by atoms with Crippen LogP contribution in [0.2, 0.25) is 0 Å². The summed E-state index contributed by atoms with van der Waals surface area (Å²) in [5, 5.41) is 2.85. The number of carbonyl (C=O) groups is 1. The van der Waals surface area contributed by atoms with Crippen LogP contribution < -0.4 is 10.1 Å². The van der Waals surface area contributed by atoms with Crippen LogP contribution in [0.15, 0.2) is 30.3 Å². The molecule has 2 aromatic rings. The van der Waals surface area contributed by atoms with E-state index in [1.54, 1.807) is 0 Å². The Hall–Kier alpha value is -2.43. The van der Waals surface area contributed by atoms with Crippen molar-refractivity contribution in [1.82, 2.24) is 9.97 Å². The van der Waals surface area contributed by atoms with E-state index in [2.05, 4.69) is 15.3 Å². The summed E-state index contributed by atoms with van der Waals surface area (Å²) in [6.07, 6.45) is 1.29. The molecular formula is C16H19N3O2. The van der Waals surface area contributed by atoms with Gasteiger partial charge in [0, 0.05) is 6.42 Å². The van der Waals surface area contributed by atoms with E-state index in [1.165, 1.54) is 0 Å². The van der Waals surface area contributed by atoms with Gasteiger partial charge in [0.2, 0.25) is 5.91 Å². The van der Waals surface area contributed by atoms with E-state index in [0.29, 0.717) is 29.2 Å². The van der Waals surface area contributed by atoms with E-state index in [0.717, 1.165) is 6.42 Å². The summed E-state index contributed by atoms with van der Waals surface area (Å²) < 4.78 is 5.61. The summed E-state index contributed by atoms with van der Waals surface area (Å²) in [5.74, 6) is 0.656. The first kappa shape index (κ1) is 15.0. The Balaban J connectivity index is 2.19. The molecule has 5 heteroatoms. The van der Waals surface area contributed by atoms with Gasteiger partial charge in [-0.15, -0.1) is 0 Å². The molecule has 21 heavy (non-hydrogen) atoms. The fourth-order valence-electron chi connectivity index (χ4n) is 1.94. The minimum Gasteiger partial charge on any atom is -0.424 e. The Bertz CT molecular complexity index is 604. The van der Waals surface area contributed by atoms with E-state index in [4.69, 9.17) is 4.74 Å². The minimum absolute atomic E-state index is 0.0240. The molecule has 0 atom stereocenters. The van der Waals surface area contributed by atoms with E-state index < -0.39 is 0 Å². The molecule has 1 heterocycles. The van der Waals surface area contributed by atoms with Crippen LogP contribution in [-0.4, -0.2) is 15.9 Å². The summed E-state index contributed by atoms with van der Waals surface area (Å²) in [6, 6.07) is 9.64. The first-order valence-corrected chi connectivity index (χ1v) is 6.98. The predicted molar refractivity (Wildman–Crippen MR) is 81.6 cm³/mol. The standard InChI is InChI=1S/C16H19N3O2/c1-4-8-14(20)19-15-11(2)17-16(18-12(15)3)21-13-9-6-5-7-10-13/h5-7,9-10H,4,8H2,1-3H3,(H,19,20). The molecule has 0 bridgehead atoms. The third-order valence-corrected chi connectivity index (χ3v) is 2.94. The first-order valence-electron chi connectivity index (χ1n) is 6.98. The van der Waals surface area contributed by atoms with Crippen LogP contribution in [-0.2, 0) is 4.79 Å². The quantitative estimate of drug-likeness (QED) is 0.911. The monoisotopic (exact) mass is 285 g/mol. The molecule has 0 radical (unpaired) electrons. The summed E-state index contributed by atoms with van der Waals surface area (Å²) in [6.45, 7) is 5.62. The van der Waals surface area contributed by atoms with Gasteiger partial charge in [0.15, 0.2) is 0 Å². The average Bonchev–Trinajstić information content (AvgIpc) is 2.44. The van der Waals surface area contributed by atoms with Crippen LogP contribution >= 0.6 is 0 Å². The molecule has 1 N–H and O–H groups in total. The number of hydrogen-bond donors (Lipinski definition) is 1. The highest BCUT2D eigenvalue weighted by molar-refractivity contribution is 5.91. The lowest BCUT2D eigenvalue weighted by atomic mass is 10.2. The number of para-hydroxylation sites is 1. The number of aromatic nitrogens is 2. The largest absolute Gasteiger partial charge is 0.424 e. The summed E-state index contributed by atoms with van der Waals surface area (Å²) >= 11 is 0. The number of nitrogens with zero attached hydrogens (tertiary/aromatic N) is 2. The molecule has 0 unspecified atom stereocenters. The molecule has 2 rings (SSSR count). The summed E-state index contributed by atoms with van der Waals surface area (Å²) in [5.41, 5.74) is 2.05. The maximum atomic E-state index is 11.7. The Morgan fingerprint density at radius 1 is 1.14 bits per heavy atom. The highest BCUT2D eigenvalue weighted by atomic mass is 16.5. The van der Waals surface area contributed by atoms with Gasteiger partial charge in [-0.3, -0.25) is 4.79 Å². The molecule has 0 aliphatic rings. The van der Waals surface area contributed by atoms with Gasteiger partial charge in [0.25, 0.3) is 0 Å². The Labute approximate surface area is 124 Å². The van der Waals surface area contributed by atoms with Gasteiger partial charge in [-0.25, -0.2) is 0 Å². The van der Waals surface area contributed by atoms with Gasteiger partial charge in [-0.2, -0.15) is 9.97 Å². The van der Waals surface area contributed by atoms with Crippen molar-refractivity contribution in [2.45, 2.75) is 33.6 Å². The highest BCUT2D eigenvalue weighted by Gasteiger charge is 2.12. The molecule has 1 amide bonds. The number of carbonyl (C=O) groups excluding carboxylic acids is 1. The fourth-order valence-corrected chi connectivity index (χ4v) is 1.94. The minimum atomic E-state index is -0.0240. The third kappa shape index (κ3) is 4.02. The van der Waals surface area contributed by atoms with Crippen LogP contribution in [0.3, 0.4) is 0 Å². The van der Waals surface area contributed by atoms with Crippen LogP contribution in [0.1, 0.15) is 31.2 Å². The molecule has 1 aromatic heterocycles. The number of benzene rings is 1. The van der Waals surface area contributed by atoms with Gasteiger partial charge < -0.3 is 10.1 Å².